The van der Waals surface area contributed by atoms with Crippen molar-refractivity contribution in [2.24, 2.45) is 0 Å². The SMILES string of the molecule is CCCn1nc2c(N)nc3cccc(C)c3c2c1N. The van der Waals surface area contributed by atoms with Crippen LogP contribution in [-0.4, -0.2) is 14.8 Å². The molecular formula is C14H17N5. The van der Waals surface area contributed by atoms with Crippen LogP contribution in [0.2, 0.25) is 0 Å². The second kappa shape index (κ2) is 4.12. The molecule has 0 aliphatic rings. The Labute approximate surface area is 111 Å². The standard InChI is InChI=1S/C14H17N5/c1-3-7-19-14(16)11-10-8(2)5-4-6-9(10)17-13(15)12(11)18-19/h4-6H,3,7,16H2,1-2H3,(H2,15,17). The zero-order valence-electron chi connectivity index (χ0n) is 11.1. The third-order valence-electron chi connectivity index (χ3n) is 3.41. The molecule has 0 unspecified atom stereocenters. The molecule has 0 radical (unpaired) electrons. The number of aromatic nitrogens is 3. The van der Waals surface area contributed by atoms with Crippen LogP contribution in [0.1, 0.15) is 18.9 Å². The van der Waals surface area contributed by atoms with Gasteiger partial charge in [0.05, 0.1) is 10.9 Å². The van der Waals surface area contributed by atoms with Crippen molar-refractivity contribution in [2.45, 2.75) is 26.8 Å². The molecule has 0 aliphatic carbocycles. The fraction of sp³-hybridized carbons (Fsp3) is 0.286. The van der Waals surface area contributed by atoms with E-state index in [2.05, 4.69) is 30.0 Å². The third kappa shape index (κ3) is 1.62. The average molecular weight is 255 g/mol. The van der Waals surface area contributed by atoms with Gasteiger partial charge in [0.1, 0.15) is 11.3 Å². The maximum absolute atomic E-state index is 6.25. The van der Waals surface area contributed by atoms with E-state index in [0.717, 1.165) is 34.8 Å². The second-order valence-electron chi connectivity index (χ2n) is 4.80. The van der Waals surface area contributed by atoms with Crippen LogP contribution in [0, 0.1) is 6.92 Å². The lowest BCUT2D eigenvalue weighted by Gasteiger charge is -2.05. The molecule has 2 heterocycles. The third-order valence-corrected chi connectivity index (χ3v) is 3.41. The van der Waals surface area contributed by atoms with Gasteiger partial charge in [-0.15, -0.1) is 0 Å². The van der Waals surface area contributed by atoms with Gasteiger partial charge in [-0.2, -0.15) is 5.10 Å². The van der Waals surface area contributed by atoms with Crippen LogP contribution in [0.5, 0.6) is 0 Å². The number of nitrogen functional groups attached to an aromatic ring is 2. The first-order valence-corrected chi connectivity index (χ1v) is 6.44. The number of pyridine rings is 1. The minimum absolute atomic E-state index is 0.439. The van der Waals surface area contributed by atoms with Gasteiger partial charge in [-0.05, 0) is 25.0 Å². The lowest BCUT2D eigenvalue weighted by Crippen LogP contribution is -2.03. The van der Waals surface area contributed by atoms with E-state index in [4.69, 9.17) is 11.5 Å². The summed E-state index contributed by atoms with van der Waals surface area (Å²) >= 11 is 0. The number of hydrogen-bond acceptors (Lipinski definition) is 4. The first kappa shape index (κ1) is 11.8. The first-order chi connectivity index (χ1) is 9.13. The first-order valence-electron chi connectivity index (χ1n) is 6.44. The van der Waals surface area contributed by atoms with Gasteiger partial charge in [-0.25, -0.2) is 9.67 Å². The molecule has 0 saturated heterocycles. The van der Waals surface area contributed by atoms with E-state index in [1.165, 1.54) is 0 Å². The number of anilines is 2. The van der Waals surface area contributed by atoms with Gasteiger partial charge in [0.15, 0.2) is 5.82 Å². The largest absolute Gasteiger partial charge is 0.383 e. The molecule has 3 rings (SSSR count). The molecule has 2 aromatic heterocycles. The van der Waals surface area contributed by atoms with Gasteiger partial charge in [0.2, 0.25) is 0 Å². The fourth-order valence-electron chi connectivity index (χ4n) is 2.54. The van der Waals surface area contributed by atoms with Crippen LogP contribution >= 0.6 is 0 Å². The van der Waals surface area contributed by atoms with E-state index in [1.54, 1.807) is 0 Å². The van der Waals surface area contributed by atoms with Crippen LogP contribution in [-0.2, 0) is 6.54 Å². The fourth-order valence-corrected chi connectivity index (χ4v) is 2.54. The van der Waals surface area contributed by atoms with Crippen molar-refractivity contribution in [3.63, 3.8) is 0 Å². The zero-order chi connectivity index (χ0) is 13.6. The van der Waals surface area contributed by atoms with Gasteiger partial charge >= 0.3 is 0 Å². The number of benzene rings is 1. The molecule has 5 nitrogen and oxygen atoms in total. The molecule has 19 heavy (non-hydrogen) atoms. The monoisotopic (exact) mass is 255 g/mol. The number of rotatable bonds is 2. The molecule has 0 spiro atoms. The molecule has 0 saturated carbocycles. The minimum Gasteiger partial charge on any atom is -0.383 e. The highest BCUT2D eigenvalue weighted by atomic mass is 15.3. The van der Waals surface area contributed by atoms with E-state index in [1.807, 2.05) is 16.8 Å². The van der Waals surface area contributed by atoms with Crippen LogP contribution < -0.4 is 11.5 Å². The smallest absolute Gasteiger partial charge is 0.152 e. The van der Waals surface area contributed by atoms with Crippen molar-refractivity contribution < 1.29 is 0 Å². The lowest BCUT2D eigenvalue weighted by molar-refractivity contribution is 0.617. The number of fused-ring (bicyclic) bond motifs is 3. The van der Waals surface area contributed by atoms with Gasteiger partial charge in [0.25, 0.3) is 0 Å². The predicted molar refractivity (Wildman–Crippen MR) is 78.9 cm³/mol. The summed E-state index contributed by atoms with van der Waals surface area (Å²) in [5, 5.41) is 6.47. The molecule has 0 aliphatic heterocycles. The van der Waals surface area contributed by atoms with Crippen LogP contribution in [0.3, 0.4) is 0 Å². The number of nitrogens with zero attached hydrogens (tertiary/aromatic N) is 3. The molecule has 0 amide bonds. The van der Waals surface area contributed by atoms with Crippen molar-refractivity contribution in [1.29, 1.82) is 0 Å². The highest BCUT2D eigenvalue weighted by molar-refractivity contribution is 6.14. The Morgan fingerprint density at radius 2 is 2.00 bits per heavy atom. The van der Waals surface area contributed by atoms with E-state index in [9.17, 15) is 0 Å². The maximum Gasteiger partial charge on any atom is 0.152 e. The molecule has 98 valence electrons. The molecule has 0 fully saturated rings. The van der Waals surface area contributed by atoms with Crippen LogP contribution in [0.4, 0.5) is 11.6 Å². The lowest BCUT2D eigenvalue weighted by atomic mass is 10.1. The second-order valence-corrected chi connectivity index (χ2v) is 4.80. The molecule has 4 N–H and O–H groups in total. The highest BCUT2D eigenvalue weighted by Gasteiger charge is 2.16. The van der Waals surface area contributed by atoms with Crippen molar-refractivity contribution in [2.75, 3.05) is 11.5 Å². The average Bonchev–Trinajstić information content (AvgIpc) is 2.69. The summed E-state index contributed by atoms with van der Waals surface area (Å²) in [6.07, 6.45) is 0.975. The quantitative estimate of drug-likeness (QED) is 0.737. The summed E-state index contributed by atoms with van der Waals surface area (Å²) in [6.45, 7) is 4.93. The summed E-state index contributed by atoms with van der Waals surface area (Å²) in [4.78, 5) is 4.43. The van der Waals surface area contributed by atoms with Crippen molar-refractivity contribution >= 4 is 33.4 Å². The Morgan fingerprint density at radius 3 is 2.74 bits per heavy atom. The van der Waals surface area contributed by atoms with Gasteiger partial charge in [-0.3, -0.25) is 0 Å². The van der Waals surface area contributed by atoms with Crippen LogP contribution in [0.25, 0.3) is 21.8 Å². The van der Waals surface area contributed by atoms with Crippen molar-refractivity contribution in [3.05, 3.63) is 23.8 Å². The van der Waals surface area contributed by atoms with E-state index in [-0.39, 0.29) is 0 Å². The Bertz CT molecular complexity index is 772. The molecule has 0 atom stereocenters. The molecule has 3 aromatic rings. The highest BCUT2D eigenvalue weighted by Crippen LogP contribution is 2.33. The van der Waals surface area contributed by atoms with Crippen molar-refractivity contribution in [3.8, 4) is 0 Å². The summed E-state index contributed by atoms with van der Waals surface area (Å²) in [6, 6.07) is 5.98. The van der Waals surface area contributed by atoms with Gasteiger partial charge in [0, 0.05) is 11.9 Å². The molecule has 5 heteroatoms. The summed E-state index contributed by atoms with van der Waals surface area (Å²) < 4.78 is 1.81. The number of hydrogen-bond donors (Lipinski definition) is 2. The zero-order valence-corrected chi connectivity index (χ0v) is 11.1. The van der Waals surface area contributed by atoms with Crippen LogP contribution in [0.15, 0.2) is 18.2 Å². The number of nitrogens with two attached hydrogens (primary N) is 2. The Balaban J connectivity index is 2.51. The minimum atomic E-state index is 0.439. The predicted octanol–water partition coefficient (Wildman–Crippen LogP) is 2.47. The molecule has 1 aromatic carbocycles. The van der Waals surface area contributed by atoms with Gasteiger partial charge in [-0.1, -0.05) is 19.1 Å². The molecule has 0 bridgehead atoms. The Morgan fingerprint density at radius 1 is 1.21 bits per heavy atom. The Kier molecular flexibility index (Phi) is 2.55. The molecular weight excluding hydrogens is 238 g/mol. The summed E-state index contributed by atoms with van der Waals surface area (Å²) in [5.41, 5.74) is 15.0. The van der Waals surface area contributed by atoms with Crippen molar-refractivity contribution in [1.82, 2.24) is 14.8 Å². The van der Waals surface area contributed by atoms with E-state index >= 15 is 0 Å². The number of aryl methyl sites for hydroxylation is 2. The maximum atomic E-state index is 6.25. The van der Waals surface area contributed by atoms with E-state index in [0.29, 0.717) is 17.2 Å². The Hall–Kier alpha value is -2.30. The topological polar surface area (TPSA) is 82.8 Å². The summed E-state index contributed by atoms with van der Waals surface area (Å²) in [5.74, 6) is 1.11. The van der Waals surface area contributed by atoms with E-state index < -0.39 is 0 Å². The summed E-state index contributed by atoms with van der Waals surface area (Å²) in [7, 11) is 0. The van der Waals surface area contributed by atoms with Gasteiger partial charge < -0.3 is 11.5 Å². The normalized spacial score (nSPS) is 11.5.